The van der Waals surface area contributed by atoms with E-state index in [1.807, 2.05) is 48.0 Å². The number of hydrogen-bond acceptors (Lipinski definition) is 2. The lowest BCUT2D eigenvalue weighted by Crippen LogP contribution is -1.90. The van der Waals surface area contributed by atoms with Crippen LogP contribution in [0, 0.1) is 0 Å². The Labute approximate surface area is 80.8 Å². The van der Waals surface area contributed by atoms with Gasteiger partial charge in [0.05, 0.1) is 34.7 Å². The van der Waals surface area contributed by atoms with Crippen LogP contribution in [0.15, 0.2) is 24.8 Å². The second kappa shape index (κ2) is 2.35. The first-order valence-corrected chi connectivity index (χ1v) is 4.48. The third kappa shape index (κ3) is 0.775. The van der Waals surface area contributed by atoms with Crippen LogP contribution in [0.1, 0.15) is 0 Å². The van der Waals surface area contributed by atoms with Crippen molar-refractivity contribution in [1.82, 2.24) is 19.1 Å². The van der Waals surface area contributed by atoms with E-state index in [2.05, 4.69) is 9.97 Å². The van der Waals surface area contributed by atoms with Gasteiger partial charge in [0.1, 0.15) is 0 Å². The zero-order chi connectivity index (χ0) is 9.71. The quantitative estimate of drug-likeness (QED) is 0.533. The van der Waals surface area contributed by atoms with E-state index in [0.29, 0.717) is 0 Å². The Morgan fingerprint density at radius 2 is 1.29 bits per heavy atom. The molecule has 14 heavy (non-hydrogen) atoms. The third-order valence-electron chi connectivity index (χ3n) is 2.55. The predicted octanol–water partition coefficient (Wildman–Crippen LogP) is 1.46. The van der Waals surface area contributed by atoms with Crippen molar-refractivity contribution in [2.24, 2.45) is 14.1 Å². The van der Waals surface area contributed by atoms with Crippen molar-refractivity contribution in [3.8, 4) is 0 Å². The van der Waals surface area contributed by atoms with Gasteiger partial charge in [-0.05, 0) is 12.1 Å². The Bertz CT molecular complexity index is 562. The first-order valence-electron chi connectivity index (χ1n) is 4.48. The van der Waals surface area contributed by atoms with Gasteiger partial charge in [-0.3, -0.25) is 0 Å². The van der Waals surface area contributed by atoms with Gasteiger partial charge in [0.2, 0.25) is 0 Å². The highest BCUT2D eigenvalue weighted by molar-refractivity contribution is 6.00. The van der Waals surface area contributed by atoms with Crippen molar-refractivity contribution in [3.05, 3.63) is 24.8 Å². The summed E-state index contributed by atoms with van der Waals surface area (Å²) in [7, 11) is 4.00. The van der Waals surface area contributed by atoms with E-state index in [4.69, 9.17) is 0 Å². The van der Waals surface area contributed by atoms with Gasteiger partial charge in [0.15, 0.2) is 0 Å². The normalized spacial score (nSPS) is 11.6. The summed E-state index contributed by atoms with van der Waals surface area (Å²) in [6.07, 6.45) is 3.66. The number of aryl methyl sites for hydroxylation is 2. The molecule has 0 amide bonds. The molecule has 0 aliphatic carbocycles. The second-order valence-corrected chi connectivity index (χ2v) is 3.51. The van der Waals surface area contributed by atoms with Crippen LogP contribution in [-0.2, 0) is 14.1 Å². The highest BCUT2D eigenvalue weighted by Crippen LogP contribution is 2.22. The summed E-state index contributed by atoms with van der Waals surface area (Å²) in [6, 6.07) is 4.01. The van der Waals surface area contributed by atoms with E-state index in [-0.39, 0.29) is 0 Å². The molecular formula is C10H10N4. The van der Waals surface area contributed by atoms with Crippen molar-refractivity contribution >= 4 is 22.1 Å². The minimum absolute atomic E-state index is 1.02. The van der Waals surface area contributed by atoms with Crippen LogP contribution >= 0.6 is 0 Å². The third-order valence-corrected chi connectivity index (χ3v) is 2.55. The van der Waals surface area contributed by atoms with Gasteiger partial charge in [-0.25, -0.2) is 9.97 Å². The fourth-order valence-corrected chi connectivity index (χ4v) is 1.88. The summed E-state index contributed by atoms with van der Waals surface area (Å²) in [5.74, 6) is 0. The molecule has 0 unspecified atom stereocenters. The Kier molecular flexibility index (Phi) is 1.27. The molecule has 2 aromatic heterocycles. The van der Waals surface area contributed by atoms with E-state index in [0.717, 1.165) is 22.1 Å². The predicted molar refractivity (Wildman–Crippen MR) is 55.0 cm³/mol. The fourth-order valence-electron chi connectivity index (χ4n) is 1.88. The zero-order valence-corrected chi connectivity index (χ0v) is 8.10. The van der Waals surface area contributed by atoms with Crippen LogP contribution in [0.2, 0.25) is 0 Å². The van der Waals surface area contributed by atoms with Crippen molar-refractivity contribution in [2.75, 3.05) is 0 Å². The van der Waals surface area contributed by atoms with Crippen molar-refractivity contribution in [2.45, 2.75) is 0 Å². The molecule has 0 fully saturated rings. The van der Waals surface area contributed by atoms with Crippen LogP contribution in [0.5, 0.6) is 0 Å². The van der Waals surface area contributed by atoms with E-state index >= 15 is 0 Å². The minimum atomic E-state index is 1.02. The van der Waals surface area contributed by atoms with Crippen LogP contribution < -0.4 is 0 Å². The largest absolute Gasteiger partial charge is 0.332 e. The van der Waals surface area contributed by atoms with Gasteiger partial charge in [-0.1, -0.05) is 0 Å². The summed E-state index contributed by atoms with van der Waals surface area (Å²) >= 11 is 0. The smallest absolute Gasteiger partial charge is 0.0956 e. The summed E-state index contributed by atoms with van der Waals surface area (Å²) in [4.78, 5) is 8.62. The average Bonchev–Trinajstić information content (AvgIpc) is 2.72. The maximum Gasteiger partial charge on any atom is 0.0956 e. The van der Waals surface area contributed by atoms with Crippen molar-refractivity contribution < 1.29 is 0 Å². The SMILES string of the molecule is Cn1cnc2ccc3ncn(C)c3c21. The fraction of sp³-hybridized carbons (Fsp3) is 0.200. The molecule has 3 rings (SSSR count). The van der Waals surface area contributed by atoms with Gasteiger partial charge in [0, 0.05) is 14.1 Å². The van der Waals surface area contributed by atoms with Gasteiger partial charge in [0.25, 0.3) is 0 Å². The van der Waals surface area contributed by atoms with Gasteiger partial charge in [-0.2, -0.15) is 0 Å². The number of aromatic nitrogens is 4. The average molecular weight is 186 g/mol. The Balaban J connectivity index is 2.70. The summed E-state index contributed by atoms with van der Waals surface area (Å²) in [5.41, 5.74) is 4.32. The number of fused-ring (bicyclic) bond motifs is 3. The molecule has 0 saturated carbocycles. The number of rotatable bonds is 0. The van der Waals surface area contributed by atoms with Crippen molar-refractivity contribution in [1.29, 1.82) is 0 Å². The van der Waals surface area contributed by atoms with E-state index in [9.17, 15) is 0 Å². The first kappa shape index (κ1) is 7.55. The van der Waals surface area contributed by atoms with Crippen LogP contribution in [-0.4, -0.2) is 19.1 Å². The maximum absolute atomic E-state index is 4.31. The highest BCUT2D eigenvalue weighted by Gasteiger charge is 2.08. The molecule has 0 bridgehead atoms. The van der Waals surface area contributed by atoms with E-state index in [1.54, 1.807) is 0 Å². The second-order valence-electron chi connectivity index (χ2n) is 3.51. The molecule has 0 N–H and O–H groups in total. The molecular weight excluding hydrogens is 176 g/mol. The summed E-state index contributed by atoms with van der Waals surface area (Å²) in [5, 5.41) is 0. The van der Waals surface area contributed by atoms with Gasteiger partial charge in [-0.15, -0.1) is 0 Å². The topological polar surface area (TPSA) is 35.6 Å². The molecule has 0 aliphatic rings. The standard InChI is InChI=1S/C10H10N4/c1-13-5-11-7-3-4-8-10(9(7)13)14(2)6-12-8/h3-6H,1-2H3. The molecule has 0 aliphatic heterocycles. The van der Waals surface area contributed by atoms with E-state index < -0.39 is 0 Å². The molecule has 0 radical (unpaired) electrons. The molecule has 1 aromatic carbocycles. The molecule has 0 atom stereocenters. The molecule has 2 heterocycles. The Morgan fingerprint density at radius 3 is 1.71 bits per heavy atom. The monoisotopic (exact) mass is 186 g/mol. The van der Waals surface area contributed by atoms with E-state index in [1.165, 1.54) is 0 Å². The van der Waals surface area contributed by atoms with Gasteiger partial charge >= 0.3 is 0 Å². The molecule has 4 heteroatoms. The number of nitrogens with zero attached hydrogens (tertiary/aromatic N) is 4. The van der Waals surface area contributed by atoms with Crippen LogP contribution in [0.25, 0.3) is 22.1 Å². The van der Waals surface area contributed by atoms with Gasteiger partial charge < -0.3 is 9.13 Å². The number of hydrogen-bond donors (Lipinski definition) is 0. The lowest BCUT2D eigenvalue weighted by atomic mass is 10.2. The highest BCUT2D eigenvalue weighted by atomic mass is 15.1. The molecule has 0 saturated heterocycles. The lowest BCUT2D eigenvalue weighted by molar-refractivity contribution is 0.924. The minimum Gasteiger partial charge on any atom is -0.332 e. The molecule has 3 aromatic rings. The summed E-state index contributed by atoms with van der Waals surface area (Å²) in [6.45, 7) is 0. The Morgan fingerprint density at radius 1 is 0.857 bits per heavy atom. The maximum atomic E-state index is 4.31. The lowest BCUT2D eigenvalue weighted by Gasteiger charge is -1.99. The zero-order valence-electron chi connectivity index (χ0n) is 8.10. The van der Waals surface area contributed by atoms with Crippen molar-refractivity contribution in [3.63, 3.8) is 0 Å². The number of imidazole rings is 2. The van der Waals surface area contributed by atoms with Crippen LogP contribution in [0.4, 0.5) is 0 Å². The Hall–Kier alpha value is -1.84. The molecule has 4 nitrogen and oxygen atoms in total. The summed E-state index contributed by atoms with van der Waals surface area (Å²) < 4.78 is 4.05. The van der Waals surface area contributed by atoms with Crippen LogP contribution in [0.3, 0.4) is 0 Å². The first-order chi connectivity index (χ1) is 6.77. The molecule has 0 spiro atoms. The molecule has 70 valence electrons. The number of benzene rings is 1.